The zero-order valence-corrected chi connectivity index (χ0v) is 12.9. The van der Waals surface area contributed by atoms with Gasteiger partial charge in [-0.2, -0.15) is 13.2 Å². The Kier molecular flexibility index (Phi) is 4.93. The molecule has 0 aliphatic heterocycles. The Labute approximate surface area is 133 Å². The summed E-state index contributed by atoms with van der Waals surface area (Å²) in [6, 6.07) is 9.54. The molecule has 112 valence electrons. The molecule has 1 unspecified atom stereocenters. The summed E-state index contributed by atoms with van der Waals surface area (Å²) in [5, 5.41) is 0.458. The number of benzene rings is 2. The number of hydrazine groups is 1. The highest BCUT2D eigenvalue weighted by Gasteiger charge is 2.31. The number of alkyl halides is 3. The minimum atomic E-state index is -4.40. The van der Waals surface area contributed by atoms with Crippen LogP contribution in [0.1, 0.15) is 22.7 Å². The predicted octanol–water partition coefficient (Wildman–Crippen LogP) is 4.67. The van der Waals surface area contributed by atoms with E-state index in [1.807, 2.05) is 0 Å². The molecule has 0 radical (unpaired) electrons. The van der Waals surface area contributed by atoms with Gasteiger partial charge in [0.2, 0.25) is 0 Å². The number of nitrogens with one attached hydrogen (secondary N) is 1. The Bertz CT molecular complexity index is 646. The van der Waals surface area contributed by atoms with E-state index in [4.69, 9.17) is 17.4 Å². The summed E-state index contributed by atoms with van der Waals surface area (Å²) in [6.45, 7) is 0. The van der Waals surface area contributed by atoms with Crippen LogP contribution in [0, 0.1) is 0 Å². The molecule has 0 aliphatic rings. The van der Waals surface area contributed by atoms with Gasteiger partial charge in [0.1, 0.15) is 0 Å². The van der Waals surface area contributed by atoms with Crippen molar-refractivity contribution in [2.75, 3.05) is 0 Å². The molecule has 2 aromatic rings. The Morgan fingerprint density at radius 2 is 1.76 bits per heavy atom. The molecule has 7 heteroatoms. The molecular weight excluding hydrogens is 369 g/mol. The molecule has 1 atom stereocenters. The van der Waals surface area contributed by atoms with Crippen molar-refractivity contribution in [3.05, 3.63) is 68.7 Å². The van der Waals surface area contributed by atoms with Crippen LogP contribution in [-0.4, -0.2) is 0 Å². The van der Waals surface area contributed by atoms with Gasteiger partial charge in [0, 0.05) is 4.47 Å². The Morgan fingerprint density at radius 1 is 1.10 bits per heavy atom. The second kappa shape index (κ2) is 6.36. The normalized spacial score (nSPS) is 13.2. The van der Waals surface area contributed by atoms with E-state index < -0.39 is 17.8 Å². The topological polar surface area (TPSA) is 38.0 Å². The fourth-order valence-corrected chi connectivity index (χ4v) is 2.41. The lowest BCUT2D eigenvalue weighted by Crippen LogP contribution is -2.29. The summed E-state index contributed by atoms with van der Waals surface area (Å²) in [4.78, 5) is 0. The number of hydrogen-bond acceptors (Lipinski definition) is 2. The van der Waals surface area contributed by atoms with Crippen molar-refractivity contribution in [2.45, 2.75) is 12.2 Å². The lowest BCUT2D eigenvalue weighted by atomic mass is 9.97. The third-order valence-electron chi connectivity index (χ3n) is 2.99. The molecule has 2 aromatic carbocycles. The predicted molar refractivity (Wildman–Crippen MR) is 79.8 cm³/mol. The highest BCUT2D eigenvalue weighted by molar-refractivity contribution is 9.10. The first-order chi connectivity index (χ1) is 9.82. The standard InChI is InChI=1S/C14H11BrClF3N2/c15-11-5-4-9(7-12(11)16)13(21-20)8-2-1-3-10(6-8)14(17,18)19/h1-7,13,21H,20H2. The van der Waals surface area contributed by atoms with Gasteiger partial charge in [-0.25, -0.2) is 5.43 Å². The van der Waals surface area contributed by atoms with E-state index >= 15 is 0 Å². The molecule has 3 N–H and O–H groups in total. The van der Waals surface area contributed by atoms with Crippen LogP contribution in [0.2, 0.25) is 5.02 Å². The number of hydrogen-bond donors (Lipinski definition) is 2. The minimum Gasteiger partial charge on any atom is -0.271 e. The van der Waals surface area contributed by atoms with Crippen LogP contribution >= 0.6 is 27.5 Å². The van der Waals surface area contributed by atoms with Crippen LogP contribution in [-0.2, 0) is 6.18 Å². The minimum absolute atomic E-state index is 0.408. The maximum atomic E-state index is 12.8. The van der Waals surface area contributed by atoms with Gasteiger partial charge in [0.05, 0.1) is 16.6 Å². The summed E-state index contributed by atoms with van der Waals surface area (Å²) < 4.78 is 39.0. The van der Waals surface area contributed by atoms with Crippen molar-refractivity contribution in [3.8, 4) is 0 Å². The van der Waals surface area contributed by atoms with E-state index in [-0.39, 0.29) is 0 Å². The Balaban J connectivity index is 2.44. The van der Waals surface area contributed by atoms with Crippen molar-refractivity contribution in [1.29, 1.82) is 0 Å². The summed E-state index contributed by atoms with van der Waals surface area (Å²) in [6.07, 6.45) is -4.40. The molecule has 0 fully saturated rings. The Hall–Kier alpha value is -1.08. The average molecular weight is 380 g/mol. The van der Waals surface area contributed by atoms with E-state index in [1.165, 1.54) is 6.07 Å². The fourth-order valence-electron chi connectivity index (χ4n) is 1.97. The zero-order chi connectivity index (χ0) is 15.6. The monoisotopic (exact) mass is 378 g/mol. The zero-order valence-electron chi connectivity index (χ0n) is 10.6. The van der Waals surface area contributed by atoms with Gasteiger partial charge in [0.25, 0.3) is 0 Å². The molecule has 0 amide bonds. The largest absolute Gasteiger partial charge is 0.416 e. The van der Waals surface area contributed by atoms with Gasteiger partial charge in [-0.05, 0) is 51.3 Å². The summed E-state index contributed by atoms with van der Waals surface area (Å²) >= 11 is 9.27. The van der Waals surface area contributed by atoms with Crippen LogP contribution in [0.15, 0.2) is 46.9 Å². The molecule has 0 spiro atoms. The highest BCUT2D eigenvalue weighted by atomic mass is 79.9. The molecule has 2 nitrogen and oxygen atoms in total. The number of rotatable bonds is 3. The van der Waals surface area contributed by atoms with Gasteiger partial charge in [-0.15, -0.1) is 0 Å². The molecule has 0 saturated heterocycles. The molecule has 0 heterocycles. The van der Waals surface area contributed by atoms with Crippen molar-refractivity contribution in [1.82, 2.24) is 5.43 Å². The van der Waals surface area contributed by atoms with Crippen LogP contribution in [0.3, 0.4) is 0 Å². The first-order valence-electron chi connectivity index (χ1n) is 5.91. The molecule has 21 heavy (non-hydrogen) atoms. The first kappa shape index (κ1) is 16.3. The number of nitrogens with two attached hydrogens (primary N) is 1. The molecule has 0 aromatic heterocycles. The van der Waals surface area contributed by atoms with Gasteiger partial charge in [-0.1, -0.05) is 29.8 Å². The van der Waals surface area contributed by atoms with Crippen molar-refractivity contribution >= 4 is 27.5 Å². The van der Waals surface area contributed by atoms with Crippen LogP contribution in [0.25, 0.3) is 0 Å². The lowest BCUT2D eigenvalue weighted by Gasteiger charge is -2.19. The molecular formula is C14H11BrClF3N2. The van der Waals surface area contributed by atoms with Gasteiger partial charge in [-0.3, -0.25) is 5.84 Å². The smallest absolute Gasteiger partial charge is 0.271 e. The van der Waals surface area contributed by atoms with Crippen LogP contribution in [0.4, 0.5) is 13.2 Å². The van der Waals surface area contributed by atoms with E-state index in [1.54, 1.807) is 24.3 Å². The van der Waals surface area contributed by atoms with Gasteiger partial charge in [0.15, 0.2) is 0 Å². The summed E-state index contributed by atoms with van der Waals surface area (Å²) in [5.74, 6) is 5.50. The van der Waals surface area contributed by atoms with Crippen LogP contribution in [0.5, 0.6) is 0 Å². The summed E-state index contributed by atoms with van der Waals surface area (Å²) in [7, 11) is 0. The second-order valence-electron chi connectivity index (χ2n) is 4.40. The third kappa shape index (κ3) is 3.77. The van der Waals surface area contributed by atoms with Gasteiger partial charge >= 0.3 is 6.18 Å². The Morgan fingerprint density at radius 3 is 2.33 bits per heavy atom. The van der Waals surface area contributed by atoms with E-state index in [0.717, 1.165) is 12.1 Å². The third-order valence-corrected chi connectivity index (χ3v) is 4.22. The average Bonchev–Trinajstić information content (AvgIpc) is 2.43. The summed E-state index contributed by atoms with van der Waals surface area (Å²) in [5.41, 5.74) is 2.88. The van der Waals surface area contributed by atoms with E-state index in [2.05, 4.69) is 21.4 Å². The maximum Gasteiger partial charge on any atom is 0.416 e. The van der Waals surface area contributed by atoms with Crippen molar-refractivity contribution < 1.29 is 13.2 Å². The lowest BCUT2D eigenvalue weighted by molar-refractivity contribution is -0.137. The molecule has 0 aliphatic carbocycles. The first-order valence-corrected chi connectivity index (χ1v) is 7.08. The number of halogens is 5. The quantitative estimate of drug-likeness (QED) is 0.600. The SMILES string of the molecule is NNC(c1cccc(C(F)(F)F)c1)c1ccc(Br)c(Cl)c1. The van der Waals surface area contributed by atoms with E-state index in [9.17, 15) is 13.2 Å². The van der Waals surface area contributed by atoms with Crippen molar-refractivity contribution in [3.63, 3.8) is 0 Å². The van der Waals surface area contributed by atoms with E-state index in [0.29, 0.717) is 20.6 Å². The molecule has 0 saturated carbocycles. The molecule has 2 rings (SSSR count). The fraction of sp³-hybridized carbons (Fsp3) is 0.143. The highest BCUT2D eigenvalue weighted by Crippen LogP contribution is 2.33. The van der Waals surface area contributed by atoms with Gasteiger partial charge < -0.3 is 0 Å². The van der Waals surface area contributed by atoms with Crippen LogP contribution < -0.4 is 11.3 Å². The second-order valence-corrected chi connectivity index (χ2v) is 5.66. The maximum absolute atomic E-state index is 12.8. The van der Waals surface area contributed by atoms with Crippen molar-refractivity contribution in [2.24, 2.45) is 5.84 Å². The molecule has 0 bridgehead atoms.